The Kier molecular flexibility index (Phi) is 4.62. The number of aromatic nitrogens is 1. The molecule has 96 valence electrons. The average Bonchev–Trinajstić information content (AvgIpc) is 2.79. The monoisotopic (exact) mass is 300 g/mol. The van der Waals surface area contributed by atoms with Crippen LogP contribution in [0.5, 0.6) is 0 Å². The first-order chi connectivity index (χ1) is 8.56. The van der Waals surface area contributed by atoms with Crippen LogP contribution in [0.3, 0.4) is 0 Å². The van der Waals surface area contributed by atoms with Gasteiger partial charge in [0.05, 0.1) is 10.0 Å². The lowest BCUT2D eigenvalue weighted by atomic mass is 10.2. The van der Waals surface area contributed by atoms with Gasteiger partial charge in [-0.05, 0) is 12.1 Å². The molecular weight excluding hydrogens is 287 g/mol. The van der Waals surface area contributed by atoms with Crippen molar-refractivity contribution in [1.82, 2.24) is 10.3 Å². The highest BCUT2D eigenvalue weighted by molar-refractivity contribution is 7.15. The molecule has 5 heteroatoms. The molecule has 1 aromatic carbocycles. The molecule has 0 amide bonds. The molecule has 1 aromatic heterocycles. The normalized spacial score (nSPS) is 11.2. The number of thiazole rings is 1. The van der Waals surface area contributed by atoms with Crippen LogP contribution in [0.25, 0.3) is 10.6 Å². The summed E-state index contributed by atoms with van der Waals surface area (Å²) in [6, 6.07) is 6.06. The first-order valence-corrected chi connectivity index (χ1v) is 7.27. The van der Waals surface area contributed by atoms with E-state index in [0.29, 0.717) is 16.1 Å². The SMILES string of the molecule is CC(C)NCc1cnc(-c2ccc(Cl)c(Cl)c2)s1. The highest BCUT2D eigenvalue weighted by atomic mass is 35.5. The molecule has 0 saturated carbocycles. The molecule has 18 heavy (non-hydrogen) atoms. The third-order valence-electron chi connectivity index (χ3n) is 2.40. The Morgan fingerprint density at radius 3 is 2.72 bits per heavy atom. The largest absolute Gasteiger partial charge is 0.310 e. The number of nitrogens with zero attached hydrogens (tertiary/aromatic N) is 1. The lowest BCUT2D eigenvalue weighted by Gasteiger charge is -2.04. The fourth-order valence-electron chi connectivity index (χ4n) is 1.46. The summed E-state index contributed by atoms with van der Waals surface area (Å²) in [6.45, 7) is 5.10. The predicted molar refractivity (Wildman–Crippen MR) is 79.5 cm³/mol. The lowest BCUT2D eigenvalue weighted by molar-refractivity contribution is 0.593. The van der Waals surface area contributed by atoms with Gasteiger partial charge < -0.3 is 5.32 Å². The summed E-state index contributed by atoms with van der Waals surface area (Å²) in [5.41, 5.74) is 1.00. The molecule has 1 N–H and O–H groups in total. The molecule has 0 unspecified atom stereocenters. The lowest BCUT2D eigenvalue weighted by Crippen LogP contribution is -2.21. The predicted octanol–water partition coefficient (Wildman–Crippen LogP) is 4.61. The van der Waals surface area contributed by atoms with Gasteiger partial charge in [0.15, 0.2) is 0 Å². The van der Waals surface area contributed by atoms with E-state index in [9.17, 15) is 0 Å². The third-order valence-corrected chi connectivity index (χ3v) is 4.19. The Balaban J connectivity index is 2.16. The second kappa shape index (κ2) is 6.02. The average molecular weight is 301 g/mol. The molecule has 0 aliphatic rings. The number of hydrogen-bond acceptors (Lipinski definition) is 3. The summed E-state index contributed by atoms with van der Waals surface area (Å²) in [5, 5.41) is 5.47. The van der Waals surface area contributed by atoms with E-state index in [0.717, 1.165) is 17.1 Å². The van der Waals surface area contributed by atoms with E-state index in [2.05, 4.69) is 24.1 Å². The van der Waals surface area contributed by atoms with Crippen molar-refractivity contribution in [2.75, 3.05) is 0 Å². The van der Waals surface area contributed by atoms with Gasteiger partial charge >= 0.3 is 0 Å². The maximum atomic E-state index is 6.01. The van der Waals surface area contributed by atoms with Crippen molar-refractivity contribution >= 4 is 34.5 Å². The Morgan fingerprint density at radius 2 is 2.06 bits per heavy atom. The van der Waals surface area contributed by atoms with Crippen LogP contribution in [0.15, 0.2) is 24.4 Å². The molecule has 0 bridgehead atoms. The zero-order valence-electron chi connectivity index (χ0n) is 10.2. The molecule has 0 saturated heterocycles. The molecule has 0 aliphatic carbocycles. The minimum atomic E-state index is 0.473. The van der Waals surface area contributed by atoms with Crippen molar-refractivity contribution in [3.8, 4) is 10.6 Å². The second-order valence-corrected chi connectivity index (χ2v) is 6.23. The summed E-state index contributed by atoms with van der Waals surface area (Å²) in [7, 11) is 0. The molecule has 0 fully saturated rings. The molecule has 0 radical (unpaired) electrons. The van der Waals surface area contributed by atoms with Crippen molar-refractivity contribution in [3.05, 3.63) is 39.3 Å². The highest BCUT2D eigenvalue weighted by Crippen LogP contribution is 2.30. The first-order valence-electron chi connectivity index (χ1n) is 5.70. The minimum Gasteiger partial charge on any atom is -0.310 e. The molecular formula is C13H14Cl2N2S. The number of rotatable bonds is 4. The van der Waals surface area contributed by atoms with Gasteiger partial charge in [0.25, 0.3) is 0 Å². The van der Waals surface area contributed by atoms with E-state index in [1.165, 1.54) is 4.88 Å². The molecule has 0 aliphatic heterocycles. The van der Waals surface area contributed by atoms with E-state index in [4.69, 9.17) is 23.2 Å². The van der Waals surface area contributed by atoms with E-state index in [1.54, 1.807) is 17.4 Å². The van der Waals surface area contributed by atoms with Gasteiger partial charge in [-0.15, -0.1) is 11.3 Å². The van der Waals surface area contributed by atoms with Gasteiger partial charge in [-0.3, -0.25) is 0 Å². The van der Waals surface area contributed by atoms with Crippen molar-refractivity contribution in [1.29, 1.82) is 0 Å². The van der Waals surface area contributed by atoms with Crippen LogP contribution in [0.1, 0.15) is 18.7 Å². The third kappa shape index (κ3) is 3.45. The molecule has 2 aromatic rings. The standard InChI is InChI=1S/C13H14Cl2N2S/c1-8(2)16-6-10-7-17-13(18-10)9-3-4-11(14)12(15)5-9/h3-5,7-8,16H,6H2,1-2H3. The first kappa shape index (κ1) is 13.8. The maximum absolute atomic E-state index is 6.01. The summed E-state index contributed by atoms with van der Waals surface area (Å²) >= 11 is 13.6. The number of benzene rings is 1. The topological polar surface area (TPSA) is 24.9 Å². The molecule has 0 spiro atoms. The maximum Gasteiger partial charge on any atom is 0.123 e. The van der Waals surface area contributed by atoms with Crippen LogP contribution in [-0.4, -0.2) is 11.0 Å². The molecule has 2 nitrogen and oxygen atoms in total. The summed E-state index contributed by atoms with van der Waals surface area (Å²) in [6.07, 6.45) is 1.90. The minimum absolute atomic E-state index is 0.473. The second-order valence-electron chi connectivity index (χ2n) is 4.30. The van der Waals surface area contributed by atoms with E-state index >= 15 is 0 Å². The van der Waals surface area contributed by atoms with E-state index < -0.39 is 0 Å². The zero-order valence-corrected chi connectivity index (χ0v) is 12.5. The van der Waals surface area contributed by atoms with Crippen LogP contribution >= 0.6 is 34.5 Å². The molecule has 2 rings (SSSR count). The number of nitrogens with one attached hydrogen (secondary N) is 1. The van der Waals surface area contributed by atoms with Crippen LogP contribution in [0.2, 0.25) is 10.0 Å². The van der Waals surface area contributed by atoms with Crippen LogP contribution in [-0.2, 0) is 6.54 Å². The van der Waals surface area contributed by atoms with Crippen LogP contribution < -0.4 is 5.32 Å². The van der Waals surface area contributed by atoms with E-state index in [-0.39, 0.29) is 0 Å². The summed E-state index contributed by atoms with van der Waals surface area (Å²) in [5.74, 6) is 0. The highest BCUT2D eigenvalue weighted by Gasteiger charge is 2.07. The van der Waals surface area contributed by atoms with Gasteiger partial charge in [-0.1, -0.05) is 43.1 Å². The quantitative estimate of drug-likeness (QED) is 0.891. The smallest absolute Gasteiger partial charge is 0.123 e. The van der Waals surface area contributed by atoms with Crippen LogP contribution in [0, 0.1) is 0 Å². The Bertz CT molecular complexity index is 538. The van der Waals surface area contributed by atoms with Crippen molar-refractivity contribution < 1.29 is 0 Å². The van der Waals surface area contributed by atoms with Gasteiger partial charge in [0, 0.05) is 29.2 Å². The molecule has 1 heterocycles. The fourth-order valence-corrected chi connectivity index (χ4v) is 2.61. The number of halogens is 2. The van der Waals surface area contributed by atoms with Crippen molar-refractivity contribution in [3.63, 3.8) is 0 Å². The Labute approximate surface area is 121 Å². The fraction of sp³-hybridized carbons (Fsp3) is 0.308. The zero-order chi connectivity index (χ0) is 13.1. The Hall–Kier alpha value is -0.610. The van der Waals surface area contributed by atoms with Crippen molar-refractivity contribution in [2.24, 2.45) is 0 Å². The molecule has 0 atom stereocenters. The van der Waals surface area contributed by atoms with Gasteiger partial charge in [-0.25, -0.2) is 4.98 Å². The summed E-state index contributed by atoms with van der Waals surface area (Å²) < 4.78 is 0. The van der Waals surface area contributed by atoms with Gasteiger partial charge in [0.1, 0.15) is 5.01 Å². The van der Waals surface area contributed by atoms with Crippen molar-refractivity contribution in [2.45, 2.75) is 26.4 Å². The number of hydrogen-bond donors (Lipinski definition) is 1. The summed E-state index contributed by atoms with van der Waals surface area (Å²) in [4.78, 5) is 5.62. The van der Waals surface area contributed by atoms with Crippen LogP contribution in [0.4, 0.5) is 0 Å². The van der Waals surface area contributed by atoms with Gasteiger partial charge in [0.2, 0.25) is 0 Å². The van der Waals surface area contributed by atoms with E-state index in [1.807, 2.05) is 18.3 Å². The Morgan fingerprint density at radius 1 is 1.28 bits per heavy atom. The van der Waals surface area contributed by atoms with Gasteiger partial charge in [-0.2, -0.15) is 0 Å².